The second-order valence-electron chi connectivity index (χ2n) is 7.64. The van der Waals surface area contributed by atoms with E-state index in [4.69, 9.17) is 10.1 Å². The summed E-state index contributed by atoms with van der Waals surface area (Å²) in [5.41, 5.74) is 3.49. The Labute approximate surface area is 207 Å². The summed E-state index contributed by atoms with van der Waals surface area (Å²) in [6, 6.07) is 11.5. The molecule has 1 heterocycles. The largest absolute Gasteiger partial charge is 0.330 e. The fourth-order valence-corrected chi connectivity index (χ4v) is 4.85. The van der Waals surface area contributed by atoms with Gasteiger partial charge in [-0.3, -0.25) is 9.21 Å². The molecule has 3 rings (SSSR count). The molecule has 0 unspecified atom stereocenters. The number of para-hydroxylation sites is 1. The van der Waals surface area contributed by atoms with Crippen LogP contribution in [0.2, 0.25) is 0 Å². The number of aryl methyl sites for hydroxylation is 2. The van der Waals surface area contributed by atoms with Gasteiger partial charge in [-0.05, 0) is 49.9 Å². The van der Waals surface area contributed by atoms with Crippen molar-refractivity contribution in [3.63, 3.8) is 0 Å². The molecule has 0 spiro atoms. The van der Waals surface area contributed by atoms with Crippen molar-refractivity contribution in [1.29, 1.82) is 0 Å². The molecule has 0 bridgehead atoms. The van der Waals surface area contributed by atoms with Crippen molar-refractivity contribution in [2.75, 3.05) is 30.7 Å². The lowest BCUT2D eigenvalue weighted by Gasteiger charge is -2.25. The van der Waals surface area contributed by atoms with Gasteiger partial charge in [-0.25, -0.2) is 27.0 Å². The van der Waals surface area contributed by atoms with Crippen LogP contribution in [0.25, 0.3) is 11.0 Å². The Kier molecular flexibility index (Phi) is 9.73. The number of nitrogens with zero attached hydrogens (tertiary/aromatic N) is 4. The highest BCUT2D eigenvalue weighted by molar-refractivity contribution is 7.92. The highest BCUT2D eigenvalue weighted by atomic mass is 35.5. The Balaban J connectivity index is 0.00000272. The first-order chi connectivity index (χ1) is 14.4. The Bertz CT molecular complexity index is 1310. The second kappa shape index (κ2) is 11.0. The minimum atomic E-state index is -3.84. The lowest BCUT2D eigenvalue weighted by molar-refractivity contribution is 0.324. The van der Waals surface area contributed by atoms with E-state index >= 15 is 0 Å². The van der Waals surface area contributed by atoms with Gasteiger partial charge in [0.1, 0.15) is 5.82 Å². The van der Waals surface area contributed by atoms with Crippen LogP contribution in [0.5, 0.6) is 0 Å². The minimum absolute atomic E-state index is 0. The van der Waals surface area contributed by atoms with E-state index in [0.29, 0.717) is 18.8 Å². The number of hydrogen-bond donors (Lipinski definition) is 1. The molecular formula is C20H29Cl2N5O4S2. The SMILES string of the molecule is Cc1cccc2c1nc(CN(C)CCN(c1ccc(S(N)(=O)=O)cc1)S(C)(=O)=O)n2C.Cl.Cl. The Morgan fingerprint density at radius 1 is 1.00 bits per heavy atom. The van der Waals surface area contributed by atoms with Gasteiger partial charge >= 0.3 is 0 Å². The number of primary sulfonamides is 1. The fraction of sp³-hybridized carbons (Fsp3) is 0.350. The average Bonchev–Trinajstić information content (AvgIpc) is 2.98. The van der Waals surface area contributed by atoms with Crippen molar-refractivity contribution >= 4 is 61.6 Å². The third-order valence-electron chi connectivity index (χ3n) is 5.16. The van der Waals surface area contributed by atoms with Gasteiger partial charge in [0.15, 0.2) is 0 Å². The summed E-state index contributed by atoms with van der Waals surface area (Å²) in [5.74, 6) is 0.884. The van der Waals surface area contributed by atoms with E-state index < -0.39 is 20.0 Å². The van der Waals surface area contributed by atoms with Crippen LogP contribution in [0.1, 0.15) is 11.4 Å². The van der Waals surface area contributed by atoms with Gasteiger partial charge in [0.2, 0.25) is 20.0 Å². The first-order valence-corrected chi connectivity index (χ1v) is 13.0. The zero-order valence-corrected chi connectivity index (χ0v) is 22.1. The van der Waals surface area contributed by atoms with E-state index in [1.807, 2.05) is 48.7 Å². The summed E-state index contributed by atoms with van der Waals surface area (Å²) in [7, 11) is -3.54. The minimum Gasteiger partial charge on any atom is -0.330 e. The summed E-state index contributed by atoms with van der Waals surface area (Å²) in [4.78, 5) is 6.66. The molecule has 1 aromatic heterocycles. The summed E-state index contributed by atoms with van der Waals surface area (Å²) >= 11 is 0. The molecule has 9 nitrogen and oxygen atoms in total. The lowest BCUT2D eigenvalue weighted by Crippen LogP contribution is -2.37. The summed E-state index contributed by atoms with van der Waals surface area (Å²) < 4.78 is 50.9. The number of sulfonamides is 2. The second-order valence-corrected chi connectivity index (χ2v) is 11.1. The van der Waals surface area contributed by atoms with Gasteiger partial charge < -0.3 is 4.57 Å². The number of aromatic nitrogens is 2. The molecule has 0 saturated heterocycles. The number of anilines is 1. The van der Waals surface area contributed by atoms with Crippen LogP contribution in [0.15, 0.2) is 47.4 Å². The molecule has 0 saturated carbocycles. The number of nitrogens with two attached hydrogens (primary N) is 1. The molecule has 3 aromatic rings. The van der Waals surface area contributed by atoms with E-state index in [-0.39, 0.29) is 36.3 Å². The maximum absolute atomic E-state index is 12.3. The van der Waals surface area contributed by atoms with Gasteiger partial charge in [-0.1, -0.05) is 12.1 Å². The Morgan fingerprint density at radius 2 is 1.61 bits per heavy atom. The smallest absolute Gasteiger partial charge is 0.238 e. The number of halogens is 2. The van der Waals surface area contributed by atoms with Crippen molar-refractivity contribution in [3.05, 3.63) is 53.9 Å². The van der Waals surface area contributed by atoms with Gasteiger partial charge in [-0.15, -0.1) is 24.8 Å². The number of imidazole rings is 1. The van der Waals surface area contributed by atoms with Crippen LogP contribution in [0, 0.1) is 6.92 Å². The van der Waals surface area contributed by atoms with Crippen LogP contribution in [-0.4, -0.2) is 57.7 Å². The Hall–Kier alpha value is -1.89. The van der Waals surface area contributed by atoms with Crippen LogP contribution < -0.4 is 9.44 Å². The Morgan fingerprint density at radius 3 is 2.12 bits per heavy atom. The number of benzene rings is 2. The first kappa shape index (κ1) is 29.1. The number of fused-ring (bicyclic) bond motifs is 1. The third-order valence-corrected chi connectivity index (χ3v) is 7.28. The lowest BCUT2D eigenvalue weighted by atomic mass is 10.2. The first-order valence-electron chi connectivity index (χ1n) is 9.58. The summed E-state index contributed by atoms with van der Waals surface area (Å²) in [6.45, 7) is 3.22. The molecule has 184 valence electrons. The van der Waals surface area contributed by atoms with Crippen LogP contribution in [0.4, 0.5) is 5.69 Å². The molecule has 2 N–H and O–H groups in total. The molecule has 0 atom stereocenters. The predicted molar refractivity (Wildman–Crippen MR) is 136 cm³/mol. The number of likely N-dealkylation sites (N-methyl/N-ethyl adjacent to an activating group) is 1. The molecule has 2 aromatic carbocycles. The summed E-state index contributed by atoms with van der Waals surface area (Å²) in [6.07, 6.45) is 1.12. The van der Waals surface area contributed by atoms with Crippen LogP contribution >= 0.6 is 24.8 Å². The molecule has 0 fully saturated rings. The topological polar surface area (TPSA) is 119 Å². The van der Waals surface area contributed by atoms with Crippen molar-refractivity contribution in [3.8, 4) is 0 Å². The zero-order chi connectivity index (χ0) is 23.0. The van der Waals surface area contributed by atoms with Crippen LogP contribution in [0.3, 0.4) is 0 Å². The third kappa shape index (κ3) is 6.81. The van der Waals surface area contributed by atoms with Gasteiger partial charge in [0.25, 0.3) is 0 Å². The van der Waals surface area contributed by atoms with Crippen molar-refractivity contribution in [2.45, 2.75) is 18.4 Å². The van der Waals surface area contributed by atoms with E-state index in [1.165, 1.54) is 28.6 Å². The molecule has 13 heteroatoms. The standard InChI is InChI=1S/C20H27N5O4S2.2ClH/c1-15-6-5-7-18-20(15)22-19(24(18)3)14-23(2)12-13-25(30(4,26)27)16-8-10-17(11-9-16)31(21,28)29;;/h5-11H,12-14H2,1-4H3,(H2,21,28,29);2*1H. The fourth-order valence-electron chi connectivity index (χ4n) is 3.41. The maximum Gasteiger partial charge on any atom is 0.238 e. The van der Waals surface area contributed by atoms with E-state index in [1.54, 1.807) is 0 Å². The van der Waals surface area contributed by atoms with Crippen LogP contribution in [-0.2, 0) is 33.6 Å². The van der Waals surface area contributed by atoms with Gasteiger partial charge in [0.05, 0.1) is 34.4 Å². The molecule has 0 aliphatic carbocycles. The van der Waals surface area contributed by atoms with Gasteiger partial charge in [0, 0.05) is 20.1 Å². The quantitative estimate of drug-likeness (QED) is 0.470. The van der Waals surface area contributed by atoms with E-state index in [0.717, 1.165) is 28.7 Å². The molecule has 0 aliphatic heterocycles. The van der Waals surface area contributed by atoms with Gasteiger partial charge in [-0.2, -0.15) is 0 Å². The van der Waals surface area contributed by atoms with E-state index in [9.17, 15) is 16.8 Å². The number of hydrogen-bond acceptors (Lipinski definition) is 6. The average molecular weight is 539 g/mol. The number of rotatable bonds is 8. The molecule has 33 heavy (non-hydrogen) atoms. The monoisotopic (exact) mass is 537 g/mol. The normalized spacial score (nSPS) is 11.8. The van der Waals surface area contributed by atoms with Crippen molar-refractivity contribution in [2.24, 2.45) is 12.2 Å². The molecular weight excluding hydrogens is 509 g/mol. The molecule has 0 radical (unpaired) electrons. The van der Waals surface area contributed by atoms with E-state index in [2.05, 4.69) is 0 Å². The summed E-state index contributed by atoms with van der Waals surface area (Å²) in [5, 5.41) is 5.12. The highest BCUT2D eigenvalue weighted by Gasteiger charge is 2.19. The zero-order valence-electron chi connectivity index (χ0n) is 18.8. The molecule has 0 aliphatic rings. The van der Waals surface area contributed by atoms with Crippen molar-refractivity contribution < 1.29 is 16.8 Å². The maximum atomic E-state index is 12.3. The predicted octanol–water partition coefficient (Wildman–Crippen LogP) is 2.27. The highest BCUT2D eigenvalue weighted by Crippen LogP contribution is 2.21. The molecule has 0 amide bonds. The van der Waals surface area contributed by atoms with Crippen molar-refractivity contribution in [1.82, 2.24) is 14.5 Å².